The number of carbonyl (C=O) groups is 2. The van der Waals surface area contributed by atoms with Crippen molar-refractivity contribution < 1.29 is 14.7 Å². The summed E-state index contributed by atoms with van der Waals surface area (Å²) in [6, 6.07) is -0.843. The number of nitrogens with one attached hydrogen (secondary N) is 1. The van der Waals surface area contributed by atoms with Crippen molar-refractivity contribution in [1.29, 1.82) is 0 Å². The molecule has 7 nitrogen and oxygen atoms in total. The van der Waals surface area contributed by atoms with Crippen LogP contribution in [0.5, 0.6) is 0 Å². The highest BCUT2D eigenvalue weighted by atomic mass is 16.4. The highest BCUT2D eigenvalue weighted by Crippen LogP contribution is 2.21. The number of hydrogen-bond donors (Lipinski definition) is 3. The molecule has 1 aromatic rings. The molecule has 2 rings (SSSR count). The molecule has 0 saturated carbocycles. The van der Waals surface area contributed by atoms with E-state index in [4.69, 9.17) is 10.8 Å². The SMILES string of the molecule is NCCC(=O)N1Cc2[nH]cnc2CC1C(=O)O. The first-order valence-corrected chi connectivity index (χ1v) is 5.37. The minimum atomic E-state index is -1.01. The van der Waals surface area contributed by atoms with Crippen LogP contribution in [0.25, 0.3) is 0 Å². The van der Waals surface area contributed by atoms with Crippen molar-refractivity contribution in [3.63, 3.8) is 0 Å². The smallest absolute Gasteiger partial charge is 0.326 e. The summed E-state index contributed by atoms with van der Waals surface area (Å²) in [4.78, 5) is 31.2. The number of aliphatic carboxylic acids is 1. The summed E-state index contributed by atoms with van der Waals surface area (Å²) >= 11 is 0. The molecule has 0 saturated heterocycles. The highest BCUT2D eigenvalue weighted by molar-refractivity contribution is 5.84. The standard InChI is InChI=1S/C10H14N4O3/c11-2-1-9(15)14-4-7-6(12-5-13-7)3-8(14)10(16)17/h5,8H,1-4,11H2,(H,12,13)(H,16,17). The lowest BCUT2D eigenvalue weighted by molar-refractivity contribution is -0.151. The summed E-state index contributed by atoms with van der Waals surface area (Å²) in [5, 5.41) is 9.13. The van der Waals surface area contributed by atoms with Crippen molar-refractivity contribution in [2.24, 2.45) is 5.73 Å². The number of hydrogen-bond acceptors (Lipinski definition) is 4. The van der Waals surface area contributed by atoms with Gasteiger partial charge in [-0.2, -0.15) is 0 Å². The summed E-state index contributed by atoms with van der Waals surface area (Å²) in [6.07, 6.45) is 1.91. The van der Waals surface area contributed by atoms with Crippen molar-refractivity contribution in [2.75, 3.05) is 6.54 Å². The van der Waals surface area contributed by atoms with Crippen molar-refractivity contribution in [1.82, 2.24) is 14.9 Å². The zero-order valence-electron chi connectivity index (χ0n) is 9.22. The number of aromatic nitrogens is 2. The van der Waals surface area contributed by atoms with Crippen molar-refractivity contribution in [2.45, 2.75) is 25.4 Å². The maximum absolute atomic E-state index is 11.8. The molecule has 92 valence electrons. The predicted molar refractivity (Wildman–Crippen MR) is 57.9 cm³/mol. The van der Waals surface area contributed by atoms with Crippen LogP contribution in [0.4, 0.5) is 0 Å². The van der Waals surface area contributed by atoms with Gasteiger partial charge in [0.25, 0.3) is 0 Å². The molecular weight excluding hydrogens is 224 g/mol. The van der Waals surface area contributed by atoms with Crippen LogP contribution >= 0.6 is 0 Å². The van der Waals surface area contributed by atoms with E-state index in [1.165, 1.54) is 11.2 Å². The van der Waals surface area contributed by atoms with Crippen LogP contribution in [0.1, 0.15) is 17.8 Å². The molecule has 1 atom stereocenters. The summed E-state index contributed by atoms with van der Waals surface area (Å²) in [5.74, 6) is -1.25. The van der Waals surface area contributed by atoms with Crippen LogP contribution in [0, 0.1) is 0 Å². The largest absolute Gasteiger partial charge is 0.480 e. The van der Waals surface area contributed by atoms with Crippen LogP contribution in [0.3, 0.4) is 0 Å². The van der Waals surface area contributed by atoms with Crippen LogP contribution in [0.2, 0.25) is 0 Å². The Hall–Kier alpha value is -1.89. The first kappa shape index (κ1) is 11.6. The Balaban J connectivity index is 2.24. The molecular formula is C10H14N4O3. The Morgan fingerprint density at radius 2 is 2.41 bits per heavy atom. The maximum Gasteiger partial charge on any atom is 0.326 e. The predicted octanol–water partition coefficient (Wildman–Crippen LogP) is -0.904. The number of carboxylic acids is 1. The molecule has 1 amide bonds. The Morgan fingerprint density at radius 3 is 3.06 bits per heavy atom. The molecule has 1 unspecified atom stereocenters. The Bertz CT molecular complexity index is 443. The molecule has 7 heteroatoms. The van der Waals surface area contributed by atoms with E-state index in [1.807, 2.05) is 0 Å². The van der Waals surface area contributed by atoms with Crippen molar-refractivity contribution >= 4 is 11.9 Å². The van der Waals surface area contributed by atoms with Gasteiger partial charge in [0.1, 0.15) is 6.04 Å². The number of aromatic amines is 1. The fourth-order valence-electron chi connectivity index (χ4n) is 1.99. The van der Waals surface area contributed by atoms with E-state index in [-0.39, 0.29) is 31.8 Å². The average molecular weight is 238 g/mol. The second kappa shape index (κ2) is 4.54. The molecule has 0 bridgehead atoms. The molecule has 0 radical (unpaired) electrons. The molecule has 0 spiro atoms. The van der Waals surface area contributed by atoms with Gasteiger partial charge in [0.15, 0.2) is 0 Å². The first-order valence-electron chi connectivity index (χ1n) is 5.37. The fourth-order valence-corrected chi connectivity index (χ4v) is 1.99. The first-order chi connectivity index (χ1) is 8.13. The fraction of sp³-hybridized carbons (Fsp3) is 0.500. The molecule has 1 aliphatic heterocycles. The van der Waals surface area contributed by atoms with Gasteiger partial charge in [-0.3, -0.25) is 4.79 Å². The summed E-state index contributed by atoms with van der Waals surface area (Å²) in [5.41, 5.74) is 6.83. The van der Waals surface area contributed by atoms with E-state index < -0.39 is 12.0 Å². The zero-order chi connectivity index (χ0) is 12.4. The molecule has 1 aliphatic rings. The third kappa shape index (κ3) is 2.14. The van der Waals surface area contributed by atoms with Gasteiger partial charge < -0.3 is 20.7 Å². The van der Waals surface area contributed by atoms with E-state index in [0.717, 1.165) is 5.69 Å². The molecule has 0 aromatic carbocycles. The number of fused-ring (bicyclic) bond motifs is 1. The third-order valence-corrected chi connectivity index (χ3v) is 2.86. The van der Waals surface area contributed by atoms with Crippen LogP contribution in [-0.2, 0) is 22.6 Å². The second-order valence-corrected chi connectivity index (χ2v) is 3.95. The zero-order valence-corrected chi connectivity index (χ0v) is 9.22. The quantitative estimate of drug-likeness (QED) is 0.631. The molecule has 17 heavy (non-hydrogen) atoms. The minimum absolute atomic E-state index is 0.160. The Morgan fingerprint density at radius 1 is 1.65 bits per heavy atom. The minimum Gasteiger partial charge on any atom is -0.480 e. The van der Waals surface area contributed by atoms with Gasteiger partial charge in [0, 0.05) is 19.4 Å². The monoisotopic (exact) mass is 238 g/mol. The van der Waals surface area contributed by atoms with Gasteiger partial charge in [-0.05, 0) is 0 Å². The van der Waals surface area contributed by atoms with Gasteiger partial charge in [0.05, 0.1) is 24.3 Å². The summed E-state index contributed by atoms with van der Waals surface area (Å²) in [7, 11) is 0. The number of carbonyl (C=O) groups excluding carboxylic acids is 1. The van der Waals surface area contributed by atoms with E-state index in [0.29, 0.717) is 5.69 Å². The number of rotatable bonds is 3. The number of amides is 1. The van der Waals surface area contributed by atoms with Gasteiger partial charge in [-0.15, -0.1) is 0 Å². The number of nitrogens with two attached hydrogens (primary N) is 1. The lowest BCUT2D eigenvalue weighted by Gasteiger charge is -2.32. The highest BCUT2D eigenvalue weighted by Gasteiger charge is 2.35. The molecule has 1 aromatic heterocycles. The van der Waals surface area contributed by atoms with E-state index >= 15 is 0 Å². The van der Waals surface area contributed by atoms with Crippen molar-refractivity contribution in [3.8, 4) is 0 Å². The Labute approximate surface area is 97.6 Å². The third-order valence-electron chi connectivity index (χ3n) is 2.86. The lowest BCUT2D eigenvalue weighted by atomic mass is 10.0. The number of imidazole rings is 1. The second-order valence-electron chi connectivity index (χ2n) is 3.95. The van der Waals surface area contributed by atoms with Gasteiger partial charge in [-0.25, -0.2) is 9.78 Å². The topological polar surface area (TPSA) is 112 Å². The lowest BCUT2D eigenvalue weighted by Crippen LogP contribution is -2.49. The molecule has 0 aliphatic carbocycles. The number of nitrogens with zero attached hydrogens (tertiary/aromatic N) is 2. The van der Waals surface area contributed by atoms with E-state index in [9.17, 15) is 9.59 Å². The number of H-pyrrole nitrogens is 1. The summed E-state index contributed by atoms with van der Waals surface area (Å²) < 4.78 is 0. The number of carboxylic acid groups (broad SMARTS) is 1. The molecule has 0 fully saturated rings. The normalized spacial score (nSPS) is 18.9. The molecule has 2 heterocycles. The molecule has 4 N–H and O–H groups in total. The Kier molecular flexibility index (Phi) is 3.10. The van der Waals surface area contributed by atoms with E-state index in [1.54, 1.807) is 0 Å². The van der Waals surface area contributed by atoms with E-state index in [2.05, 4.69) is 9.97 Å². The average Bonchev–Trinajstić information content (AvgIpc) is 2.74. The van der Waals surface area contributed by atoms with Gasteiger partial charge in [0.2, 0.25) is 5.91 Å². The maximum atomic E-state index is 11.8. The van der Waals surface area contributed by atoms with Gasteiger partial charge >= 0.3 is 5.97 Å². The van der Waals surface area contributed by atoms with Crippen LogP contribution in [-0.4, -0.2) is 44.4 Å². The van der Waals surface area contributed by atoms with Crippen LogP contribution in [0.15, 0.2) is 6.33 Å². The summed E-state index contributed by atoms with van der Waals surface area (Å²) in [6.45, 7) is 0.475. The van der Waals surface area contributed by atoms with Crippen LogP contribution < -0.4 is 5.73 Å². The van der Waals surface area contributed by atoms with Gasteiger partial charge in [-0.1, -0.05) is 0 Å². The van der Waals surface area contributed by atoms with Crippen molar-refractivity contribution in [3.05, 3.63) is 17.7 Å².